The van der Waals surface area contributed by atoms with Crippen molar-refractivity contribution in [3.63, 3.8) is 0 Å². The number of methoxy groups -OCH3 is 1. The van der Waals surface area contributed by atoms with Crippen molar-refractivity contribution in [1.29, 1.82) is 0 Å². The number of aryl methyl sites for hydroxylation is 1. The van der Waals surface area contributed by atoms with Gasteiger partial charge in [0, 0.05) is 33.1 Å². The van der Waals surface area contributed by atoms with Crippen LogP contribution in [0.2, 0.25) is 0 Å². The molecular weight excluding hydrogens is 550 g/mol. The van der Waals surface area contributed by atoms with Crippen LogP contribution in [0.1, 0.15) is 37.1 Å². The highest BCUT2D eigenvalue weighted by atomic mass is 32.1. The molecule has 10 nitrogen and oxygen atoms in total. The Hall–Kier alpha value is -4.29. The van der Waals surface area contributed by atoms with Crippen molar-refractivity contribution in [2.75, 3.05) is 12.4 Å². The molecule has 0 unspecified atom stereocenters. The first-order valence-electron chi connectivity index (χ1n) is 12.5. The Bertz CT molecular complexity index is 1710. The summed E-state index contributed by atoms with van der Waals surface area (Å²) in [4.78, 5) is 30.8. The van der Waals surface area contributed by atoms with Gasteiger partial charge in [0.25, 0.3) is 0 Å². The number of thiophene rings is 2. The summed E-state index contributed by atoms with van der Waals surface area (Å²) in [7, 11) is 3.24. The number of carbonyl (C=O) groups is 2. The van der Waals surface area contributed by atoms with Crippen LogP contribution in [0.25, 0.3) is 30.4 Å². The molecule has 40 heavy (non-hydrogen) atoms. The summed E-state index contributed by atoms with van der Waals surface area (Å²) in [5.74, 6) is 0.0574. The summed E-state index contributed by atoms with van der Waals surface area (Å²) in [6.45, 7) is 1.82. The number of anilines is 1. The molecular formula is C28H25N5O5S2. The number of hydrogen-bond acceptors (Lipinski definition) is 9. The number of aliphatic carboxylic acids is 1. The van der Waals surface area contributed by atoms with E-state index in [0.717, 1.165) is 30.3 Å². The summed E-state index contributed by atoms with van der Waals surface area (Å²) in [6, 6.07) is 15.5. The fraction of sp³-hybridized carbons (Fsp3) is 0.250. The first kappa shape index (κ1) is 26.0. The zero-order valence-corrected chi connectivity index (χ0v) is 23.5. The number of pyridine rings is 1. The van der Waals surface area contributed by atoms with Gasteiger partial charge in [-0.15, -0.1) is 27.8 Å². The molecule has 2 N–H and O–H groups in total. The molecule has 1 amide bonds. The molecule has 12 heteroatoms. The fourth-order valence-electron chi connectivity index (χ4n) is 4.61. The Balaban J connectivity index is 1.23. The predicted molar refractivity (Wildman–Crippen MR) is 153 cm³/mol. The number of benzene rings is 1. The molecule has 6 rings (SSSR count). The molecule has 1 aliphatic carbocycles. The van der Waals surface area contributed by atoms with Crippen LogP contribution in [0.4, 0.5) is 10.6 Å². The number of nitrogens with zero attached hydrogens (tertiary/aromatic N) is 4. The maximum absolute atomic E-state index is 12.7. The molecule has 1 aromatic carbocycles. The zero-order valence-electron chi connectivity index (χ0n) is 21.9. The number of carboxylic acid groups (broad SMARTS) is 1. The molecule has 4 aromatic heterocycles. The van der Waals surface area contributed by atoms with Crippen LogP contribution in [0.3, 0.4) is 0 Å². The van der Waals surface area contributed by atoms with Gasteiger partial charge >= 0.3 is 12.1 Å². The lowest BCUT2D eigenvalue weighted by Gasteiger charge is -2.14. The Kier molecular flexibility index (Phi) is 6.51. The van der Waals surface area contributed by atoms with E-state index in [-0.39, 0.29) is 0 Å². The maximum atomic E-state index is 12.7. The molecule has 0 bridgehead atoms. The van der Waals surface area contributed by atoms with E-state index in [1.807, 2.05) is 49.4 Å². The zero-order chi connectivity index (χ0) is 28.0. The van der Waals surface area contributed by atoms with Crippen molar-refractivity contribution in [2.24, 2.45) is 7.05 Å². The Morgan fingerprint density at radius 1 is 1.10 bits per heavy atom. The number of aromatic nitrogens is 4. The fourth-order valence-corrected chi connectivity index (χ4v) is 6.97. The van der Waals surface area contributed by atoms with Crippen LogP contribution in [-0.2, 0) is 22.0 Å². The van der Waals surface area contributed by atoms with Crippen LogP contribution in [0, 0.1) is 0 Å². The van der Waals surface area contributed by atoms with Gasteiger partial charge < -0.3 is 14.6 Å². The second kappa shape index (κ2) is 10.0. The highest BCUT2D eigenvalue weighted by Crippen LogP contribution is 2.51. The Morgan fingerprint density at radius 3 is 2.48 bits per heavy atom. The van der Waals surface area contributed by atoms with Crippen molar-refractivity contribution in [3.05, 3.63) is 66.0 Å². The van der Waals surface area contributed by atoms with Crippen molar-refractivity contribution < 1.29 is 24.2 Å². The largest absolute Gasteiger partial charge is 0.495 e. The van der Waals surface area contributed by atoms with E-state index < -0.39 is 23.6 Å². The van der Waals surface area contributed by atoms with E-state index in [9.17, 15) is 14.7 Å². The molecule has 1 saturated carbocycles. The topological polar surface area (TPSA) is 128 Å². The molecule has 0 aliphatic heterocycles. The average Bonchev–Trinajstić information content (AvgIpc) is 3.36. The minimum absolute atomic E-state index is 0.419. The highest BCUT2D eigenvalue weighted by Gasteiger charge is 2.54. The summed E-state index contributed by atoms with van der Waals surface area (Å²) in [5, 5.41) is 20.9. The molecule has 1 atom stereocenters. The molecule has 1 fully saturated rings. The van der Waals surface area contributed by atoms with Crippen molar-refractivity contribution in [3.8, 4) is 26.8 Å². The lowest BCUT2D eigenvalue weighted by atomic mass is 10.0. The number of carbonyl (C=O) groups excluding carboxylic acids is 1. The van der Waals surface area contributed by atoms with E-state index in [0.29, 0.717) is 35.8 Å². The van der Waals surface area contributed by atoms with E-state index in [4.69, 9.17) is 9.47 Å². The number of rotatable bonds is 8. The van der Waals surface area contributed by atoms with Gasteiger partial charge in [-0.05, 0) is 43.5 Å². The summed E-state index contributed by atoms with van der Waals surface area (Å²) in [6.07, 6.45) is 1.82. The summed E-state index contributed by atoms with van der Waals surface area (Å²) >= 11 is 3.12. The SMILES string of the molecule is COc1cc(-c2cc3sc(-c4nnn(C)c4NC(=O)O[C@H](C)c4ccccc4)cc3s2)cnc1C1(C(=O)O)CC1. The van der Waals surface area contributed by atoms with Crippen molar-refractivity contribution in [2.45, 2.75) is 31.3 Å². The van der Waals surface area contributed by atoms with Gasteiger partial charge in [0.05, 0.1) is 17.7 Å². The van der Waals surface area contributed by atoms with E-state index in [2.05, 4.69) is 26.7 Å². The van der Waals surface area contributed by atoms with Crippen LogP contribution in [-0.4, -0.2) is 44.3 Å². The quantitative estimate of drug-likeness (QED) is 0.222. The second-order valence-electron chi connectivity index (χ2n) is 9.61. The number of amides is 1. The lowest BCUT2D eigenvalue weighted by Crippen LogP contribution is -2.21. The molecule has 0 spiro atoms. The molecule has 0 saturated heterocycles. The molecule has 204 valence electrons. The third kappa shape index (κ3) is 4.58. The predicted octanol–water partition coefficient (Wildman–Crippen LogP) is 6.25. The number of fused-ring (bicyclic) bond motifs is 1. The average molecular weight is 576 g/mol. The lowest BCUT2D eigenvalue weighted by molar-refractivity contribution is -0.140. The monoisotopic (exact) mass is 575 g/mol. The number of hydrogen-bond donors (Lipinski definition) is 2. The standard InChI is InChI=1S/C28H25N5O5S2/c1-15(16-7-5-4-6-8-16)38-27(36)30-25-23(31-32-33(25)2)22-13-21-20(40-22)12-19(39-21)17-11-18(37-3)24(29-14-17)28(9-10-28)26(34)35/h4-8,11-15H,9-10H2,1-3H3,(H,30,36)(H,34,35)/t15-/m1/s1. The Morgan fingerprint density at radius 2 is 1.80 bits per heavy atom. The second-order valence-corrected chi connectivity index (χ2v) is 11.8. The van der Waals surface area contributed by atoms with Crippen LogP contribution < -0.4 is 10.1 Å². The number of carboxylic acids is 1. The van der Waals surface area contributed by atoms with Crippen LogP contribution >= 0.6 is 22.7 Å². The smallest absolute Gasteiger partial charge is 0.413 e. The molecule has 0 radical (unpaired) electrons. The highest BCUT2D eigenvalue weighted by molar-refractivity contribution is 7.31. The van der Waals surface area contributed by atoms with Crippen LogP contribution in [0.5, 0.6) is 5.75 Å². The van der Waals surface area contributed by atoms with Gasteiger partial charge in [0.15, 0.2) is 5.82 Å². The summed E-state index contributed by atoms with van der Waals surface area (Å²) < 4.78 is 14.7. The first-order chi connectivity index (χ1) is 19.3. The van der Waals surface area contributed by atoms with E-state index in [1.54, 1.807) is 24.6 Å². The Labute approximate surface area is 237 Å². The number of nitrogens with one attached hydrogen (secondary N) is 1. The minimum Gasteiger partial charge on any atom is -0.495 e. The third-order valence-corrected chi connectivity index (χ3v) is 9.36. The minimum atomic E-state index is -0.941. The summed E-state index contributed by atoms with van der Waals surface area (Å²) in [5.41, 5.74) is 1.84. The van der Waals surface area contributed by atoms with Gasteiger partial charge in [-0.3, -0.25) is 15.1 Å². The molecule has 5 aromatic rings. The molecule has 1 aliphatic rings. The number of ether oxygens (including phenoxy) is 2. The van der Waals surface area contributed by atoms with Gasteiger partial charge in [0.1, 0.15) is 23.0 Å². The van der Waals surface area contributed by atoms with E-state index in [1.165, 1.54) is 23.1 Å². The normalized spacial score (nSPS) is 14.6. The third-order valence-electron chi connectivity index (χ3n) is 7.01. The maximum Gasteiger partial charge on any atom is 0.413 e. The first-order valence-corrected chi connectivity index (χ1v) is 14.2. The van der Waals surface area contributed by atoms with Gasteiger partial charge in [-0.25, -0.2) is 9.48 Å². The van der Waals surface area contributed by atoms with Crippen molar-refractivity contribution >= 4 is 50.0 Å². The van der Waals surface area contributed by atoms with Crippen LogP contribution in [0.15, 0.2) is 54.7 Å². The van der Waals surface area contributed by atoms with Gasteiger partial charge in [-0.2, -0.15) is 0 Å². The van der Waals surface area contributed by atoms with E-state index >= 15 is 0 Å². The van der Waals surface area contributed by atoms with Crippen molar-refractivity contribution in [1.82, 2.24) is 20.0 Å². The van der Waals surface area contributed by atoms with Gasteiger partial charge in [-0.1, -0.05) is 35.5 Å². The molecule has 4 heterocycles. The van der Waals surface area contributed by atoms with Gasteiger partial charge in [0.2, 0.25) is 0 Å².